The monoisotopic (exact) mass is 482 g/mol. The van der Waals surface area contributed by atoms with Gasteiger partial charge in [0.2, 0.25) is 0 Å². The van der Waals surface area contributed by atoms with Crippen LogP contribution in [-0.2, 0) is 16.4 Å². The first-order valence-electron chi connectivity index (χ1n) is 9.62. The Bertz CT molecular complexity index is 967. The average Bonchev–Trinajstić information content (AvgIpc) is 3.41. The van der Waals surface area contributed by atoms with E-state index in [1.165, 1.54) is 0 Å². The molecular formula is C20H23BrN2O5S. The van der Waals surface area contributed by atoms with Gasteiger partial charge in [-0.05, 0) is 62.3 Å². The molecule has 0 aliphatic carbocycles. The highest BCUT2D eigenvalue weighted by atomic mass is 79.9. The van der Waals surface area contributed by atoms with Gasteiger partial charge in [-0.1, -0.05) is 15.9 Å². The predicted molar refractivity (Wildman–Crippen MR) is 112 cm³/mol. The number of halogens is 1. The van der Waals surface area contributed by atoms with Gasteiger partial charge in [-0.25, -0.2) is 8.42 Å². The summed E-state index contributed by atoms with van der Waals surface area (Å²) in [6, 6.07) is 10.1. The minimum atomic E-state index is -3.16. The zero-order valence-corrected chi connectivity index (χ0v) is 18.2. The number of carbonyl (C=O) groups excluding carboxylic acids is 1. The molecule has 3 heterocycles. The van der Waals surface area contributed by atoms with Gasteiger partial charge in [-0.15, -0.1) is 0 Å². The van der Waals surface area contributed by atoms with Crippen LogP contribution >= 0.6 is 15.9 Å². The number of ether oxygens (including phenoxy) is 1. The SMILES string of the molecule is O=C(N[C@H]1CS(=O)(=O)C[C@@H]1N1CCCC1)c1ccc(COc2ccc(Br)cc2)o1. The Morgan fingerprint density at radius 1 is 1.14 bits per heavy atom. The number of carbonyl (C=O) groups is 1. The van der Waals surface area contributed by atoms with Gasteiger partial charge in [-0.2, -0.15) is 0 Å². The largest absolute Gasteiger partial charge is 0.486 e. The maximum Gasteiger partial charge on any atom is 0.287 e. The Morgan fingerprint density at radius 3 is 2.59 bits per heavy atom. The van der Waals surface area contributed by atoms with Gasteiger partial charge in [-0.3, -0.25) is 9.69 Å². The van der Waals surface area contributed by atoms with Gasteiger partial charge in [0.05, 0.1) is 17.5 Å². The highest BCUT2D eigenvalue weighted by Crippen LogP contribution is 2.23. The maximum absolute atomic E-state index is 12.6. The summed E-state index contributed by atoms with van der Waals surface area (Å²) in [6.07, 6.45) is 2.13. The summed E-state index contributed by atoms with van der Waals surface area (Å²) in [5.74, 6) is 1.05. The molecule has 0 bridgehead atoms. The molecule has 2 atom stereocenters. The Hall–Kier alpha value is -1.84. The maximum atomic E-state index is 12.6. The summed E-state index contributed by atoms with van der Waals surface area (Å²) in [6.45, 7) is 1.96. The Morgan fingerprint density at radius 2 is 1.86 bits per heavy atom. The zero-order chi connectivity index (χ0) is 20.4. The first kappa shape index (κ1) is 20.4. The predicted octanol–water partition coefficient (Wildman–Crippen LogP) is 2.61. The van der Waals surface area contributed by atoms with Gasteiger partial charge in [0.25, 0.3) is 5.91 Å². The van der Waals surface area contributed by atoms with Crippen LogP contribution in [0.2, 0.25) is 0 Å². The Kier molecular flexibility index (Phi) is 5.98. The fourth-order valence-corrected chi connectivity index (χ4v) is 6.12. The number of benzene rings is 1. The molecule has 1 aromatic heterocycles. The summed E-state index contributed by atoms with van der Waals surface area (Å²) in [4.78, 5) is 14.8. The molecule has 2 saturated heterocycles. The van der Waals surface area contributed by atoms with Crippen LogP contribution in [0.15, 0.2) is 45.3 Å². The molecule has 1 N–H and O–H groups in total. The van der Waals surface area contributed by atoms with Crippen LogP contribution in [0.25, 0.3) is 0 Å². The van der Waals surface area contributed by atoms with Crippen LogP contribution < -0.4 is 10.1 Å². The van der Waals surface area contributed by atoms with Crippen molar-refractivity contribution in [1.82, 2.24) is 10.2 Å². The van der Waals surface area contributed by atoms with E-state index in [9.17, 15) is 13.2 Å². The second kappa shape index (κ2) is 8.49. The lowest BCUT2D eigenvalue weighted by Crippen LogP contribution is -2.50. The van der Waals surface area contributed by atoms with Crippen LogP contribution in [0.3, 0.4) is 0 Å². The number of nitrogens with one attached hydrogen (secondary N) is 1. The van der Waals surface area contributed by atoms with E-state index >= 15 is 0 Å². The van der Waals surface area contributed by atoms with Crippen LogP contribution in [-0.4, -0.2) is 55.9 Å². The van der Waals surface area contributed by atoms with Gasteiger partial charge < -0.3 is 14.5 Å². The number of amides is 1. The lowest BCUT2D eigenvalue weighted by molar-refractivity contribution is 0.0886. The third-order valence-electron chi connectivity index (χ3n) is 5.33. The molecule has 156 valence electrons. The van der Waals surface area contributed by atoms with Gasteiger partial charge in [0, 0.05) is 10.5 Å². The first-order valence-corrected chi connectivity index (χ1v) is 12.2. The van der Waals surface area contributed by atoms with Crippen LogP contribution in [0.4, 0.5) is 0 Å². The second-order valence-corrected chi connectivity index (χ2v) is 10.5. The van der Waals surface area contributed by atoms with Crippen molar-refractivity contribution in [2.24, 2.45) is 0 Å². The minimum Gasteiger partial charge on any atom is -0.486 e. The summed E-state index contributed by atoms with van der Waals surface area (Å²) in [5.41, 5.74) is 0. The highest BCUT2D eigenvalue weighted by molar-refractivity contribution is 9.10. The standard InChI is InChI=1S/C20H23BrN2O5S/c21-14-3-5-15(6-4-14)27-11-16-7-8-19(28-16)20(24)22-17-12-29(25,26)13-18(17)23-9-1-2-10-23/h3-8,17-18H,1-2,9-13H2,(H,22,24)/t17-,18-/m0/s1. The van der Waals surface area contributed by atoms with Crippen molar-refractivity contribution in [1.29, 1.82) is 0 Å². The molecule has 0 saturated carbocycles. The minimum absolute atomic E-state index is 0.0276. The molecule has 9 heteroatoms. The lowest BCUT2D eigenvalue weighted by Gasteiger charge is -2.28. The fraction of sp³-hybridized carbons (Fsp3) is 0.450. The molecule has 0 unspecified atom stereocenters. The van der Waals surface area contributed by atoms with Crippen molar-refractivity contribution >= 4 is 31.7 Å². The number of furan rings is 1. The van der Waals surface area contributed by atoms with Crippen molar-refractivity contribution < 1.29 is 22.4 Å². The molecule has 4 rings (SSSR count). The van der Waals surface area contributed by atoms with E-state index in [1.54, 1.807) is 12.1 Å². The fourth-order valence-electron chi connectivity index (χ4n) is 3.90. The molecule has 2 aliphatic heterocycles. The molecule has 2 fully saturated rings. The summed E-state index contributed by atoms with van der Waals surface area (Å²) in [7, 11) is -3.16. The number of hydrogen-bond donors (Lipinski definition) is 1. The van der Waals surface area contributed by atoms with Crippen molar-refractivity contribution in [2.75, 3.05) is 24.6 Å². The van der Waals surface area contributed by atoms with Crippen molar-refractivity contribution in [2.45, 2.75) is 31.5 Å². The van der Waals surface area contributed by atoms with Crippen molar-refractivity contribution in [3.05, 3.63) is 52.4 Å². The van der Waals surface area contributed by atoms with E-state index in [-0.39, 0.29) is 29.9 Å². The smallest absolute Gasteiger partial charge is 0.287 e. The molecule has 7 nitrogen and oxygen atoms in total. The van der Waals surface area contributed by atoms with E-state index < -0.39 is 21.8 Å². The zero-order valence-electron chi connectivity index (χ0n) is 15.8. The second-order valence-electron chi connectivity index (χ2n) is 7.48. The highest BCUT2D eigenvalue weighted by Gasteiger charge is 2.42. The van der Waals surface area contributed by atoms with Gasteiger partial charge in [0.15, 0.2) is 15.6 Å². The van der Waals surface area contributed by atoms with E-state index in [4.69, 9.17) is 9.15 Å². The van der Waals surface area contributed by atoms with Crippen LogP contribution in [0.5, 0.6) is 5.75 Å². The molecule has 0 spiro atoms. The molecule has 2 aromatic rings. The normalized spacial score (nSPS) is 23.9. The summed E-state index contributed by atoms with van der Waals surface area (Å²) >= 11 is 3.37. The Balaban J connectivity index is 1.37. The van der Waals surface area contributed by atoms with Gasteiger partial charge in [0.1, 0.15) is 18.1 Å². The third kappa shape index (κ3) is 5.02. The number of sulfone groups is 1. The number of likely N-dealkylation sites (tertiary alicyclic amines) is 1. The van der Waals surface area contributed by atoms with Crippen LogP contribution in [0.1, 0.15) is 29.2 Å². The van der Waals surface area contributed by atoms with Crippen molar-refractivity contribution in [3.8, 4) is 5.75 Å². The number of nitrogens with zero attached hydrogens (tertiary/aromatic N) is 1. The molecule has 29 heavy (non-hydrogen) atoms. The van der Waals surface area contributed by atoms with E-state index in [2.05, 4.69) is 26.1 Å². The van der Waals surface area contributed by atoms with Gasteiger partial charge >= 0.3 is 0 Å². The quantitative estimate of drug-likeness (QED) is 0.680. The average molecular weight is 483 g/mol. The first-order chi connectivity index (χ1) is 13.9. The number of hydrogen-bond acceptors (Lipinski definition) is 6. The molecule has 1 aromatic carbocycles. The topological polar surface area (TPSA) is 88.9 Å². The summed E-state index contributed by atoms with van der Waals surface area (Å²) in [5, 5.41) is 2.87. The van der Waals surface area contributed by atoms with E-state index in [0.717, 1.165) is 30.4 Å². The van der Waals surface area contributed by atoms with E-state index in [1.807, 2.05) is 24.3 Å². The lowest BCUT2D eigenvalue weighted by atomic mass is 10.1. The van der Waals surface area contributed by atoms with Crippen LogP contribution in [0, 0.1) is 0 Å². The van der Waals surface area contributed by atoms with E-state index in [0.29, 0.717) is 11.5 Å². The Labute approximate surface area is 178 Å². The third-order valence-corrected chi connectivity index (χ3v) is 7.57. The molecule has 2 aliphatic rings. The molecule has 0 radical (unpaired) electrons. The van der Waals surface area contributed by atoms with Crippen molar-refractivity contribution in [3.63, 3.8) is 0 Å². The summed E-state index contributed by atoms with van der Waals surface area (Å²) < 4.78 is 36.5. The molecular weight excluding hydrogens is 460 g/mol. The molecule has 1 amide bonds. The number of rotatable bonds is 6.